The number of nitrogens with two attached hydrogens (primary N) is 2. The maximum atomic E-state index is 8.85. The smallest absolute Gasteiger partial charge is 0.131 e. The van der Waals surface area contributed by atoms with Crippen molar-refractivity contribution in [1.82, 2.24) is 4.57 Å². The molecule has 0 aliphatic rings. The molecule has 0 bridgehead atoms. The zero-order valence-corrected chi connectivity index (χ0v) is 75.0. The molecule has 21 aromatic rings. The molecule has 132 heavy (non-hydrogen) atoms. The van der Waals surface area contributed by atoms with Gasteiger partial charge >= 0.3 is 0 Å². The predicted molar refractivity (Wildman–Crippen MR) is 563 cm³/mol. The highest BCUT2D eigenvalue weighted by molar-refractivity contribution is 6.13. The molecule has 0 aliphatic heterocycles. The lowest BCUT2D eigenvalue weighted by Crippen LogP contribution is -2.12. The van der Waals surface area contributed by atoms with Crippen LogP contribution in [0.4, 0.5) is 11.4 Å². The Balaban J connectivity index is 0.000000117. The van der Waals surface area contributed by atoms with E-state index in [0.717, 1.165) is 72.3 Å². The Morgan fingerprint density at radius 2 is 0.500 bits per heavy atom. The first-order valence-electron chi connectivity index (χ1n) is 44.7. The number of hydrogen-bond donors (Lipinski definition) is 6. The van der Waals surface area contributed by atoms with E-state index in [1.807, 2.05) is 176 Å². The van der Waals surface area contributed by atoms with E-state index in [1.165, 1.54) is 115 Å². The number of rotatable bonds is 17. The van der Waals surface area contributed by atoms with Crippen LogP contribution in [0.1, 0.15) is 83.5 Å². The number of aromatic nitrogens is 1. The fourth-order valence-electron chi connectivity index (χ4n) is 16.5. The maximum Gasteiger partial charge on any atom is 0.131 e. The molecule has 0 aliphatic carbocycles. The lowest BCUT2D eigenvalue weighted by molar-refractivity contribution is 1.18. The summed E-state index contributed by atoms with van der Waals surface area (Å²) < 4.78 is 2.30. The standard InChI is InChI=1S/C30H22N2.C20H19N.C19H18N2.C19H17N.C18H15N.C17H14N2/c31-28(19-21-14-15-22-8-4-5-9-23(22)18-21)24-16-17-27-26-12-6-7-13-29(26)32(30(27)20-24)25-10-2-1-3-11-25;1-14-3-7-17(8-4-14)20(21)13-16-6-10-18-11-15(2)5-9-19(18)12-16;1-13-6-9-15(10-7-13)19(20)21-18-5-3-4-16-12-14(2)8-11-17(16)18;1-14-7-9-18-12-15(8-10-17(18)11-14)13-19(20)16-5-3-2-4-6-16;19-18(16-7-2-1-3-8-16)13-14-10-11-15-6-4-5-9-17(15)12-14;18-17(14-8-2-1-3-9-14)19-16-12-6-10-13-7-4-5-11-15(13)16/h1-18,20,31H,19H2;3-12,21H,13H2,1-2H3;3-12H,1-2H3,(H2,20,21);2-12,20H,13H2,1H3;1-12,19H,13H2;1-12H,(H2,18,19). The monoisotopic (exact) mass is 1710 g/mol. The molecule has 0 fully saturated rings. The van der Waals surface area contributed by atoms with E-state index >= 15 is 0 Å². The summed E-state index contributed by atoms with van der Waals surface area (Å²) in [5.41, 5.74) is 36.9. The highest BCUT2D eigenvalue weighted by Crippen LogP contribution is 2.35. The van der Waals surface area contributed by atoms with Crippen LogP contribution in [0.5, 0.6) is 0 Å². The first-order valence-corrected chi connectivity index (χ1v) is 44.7. The summed E-state index contributed by atoms with van der Waals surface area (Å²) in [5, 5.41) is 50.5. The van der Waals surface area contributed by atoms with Gasteiger partial charge in [-0.1, -0.05) is 440 Å². The van der Waals surface area contributed by atoms with Gasteiger partial charge in [0.15, 0.2) is 0 Å². The van der Waals surface area contributed by atoms with E-state index < -0.39 is 0 Å². The summed E-state index contributed by atoms with van der Waals surface area (Å²) in [6.07, 6.45) is 2.64. The van der Waals surface area contributed by atoms with Crippen molar-refractivity contribution in [2.24, 2.45) is 21.5 Å². The molecule has 0 spiro atoms. The topological polar surface area (TPSA) is 177 Å². The van der Waals surface area contributed by atoms with Gasteiger partial charge in [0.05, 0.1) is 22.4 Å². The number of hydrogen-bond acceptors (Lipinski definition) is 6. The van der Waals surface area contributed by atoms with Crippen molar-refractivity contribution in [1.29, 1.82) is 21.6 Å². The van der Waals surface area contributed by atoms with Gasteiger partial charge in [0, 0.05) is 86.9 Å². The zero-order chi connectivity index (χ0) is 91.2. The molecule has 1 aromatic heterocycles. The fourth-order valence-corrected chi connectivity index (χ4v) is 16.5. The number of nitrogens with zero attached hydrogens (tertiary/aromatic N) is 3. The largest absolute Gasteiger partial charge is 0.383 e. The molecule has 642 valence electrons. The molecule has 8 N–H and O–H groups in total. The molecule has 0 unspecified atom stereocenters. The van der Waals surface area contributed by atoms with Crippen molar-refractivity contribution in [2.75, 3.05) is 0 Å². The molecule has 9 heteroatoms. The predicted octanol–water partition coefficient (Wildman–Crippen LogP) is 30.2. The average molecular weight is 1710 g/mol. The van der Waals surface area contributed by atoms with E-state index in [-0.39, 0.29) is 0 Å². The minimum Gasteiger partial charge on any atom is -0.383 e. The average Bonchev–Trinajstić information content (AvgIpc) is 1.59. The van der Waals surface area contributed by atoms with E-state index in [1.54, 1.807) is 0 Å². The minimum absolute atomic E-state index is 0.539. The van der Waals surface area contributed by atoms with Crippen LogP contribution in [-0.4, -0.2) is 39.1 Å². The lowest BCUT2D eigenvalue weighted by atomic mass is 9.98. The van der Waals surface area contributed by atoms with Gasteiger partial charge in [-0.2, -0.15) is 0 Å². The molecule has 0 atom stereocenters. The second kappa shape index (κ2) is 42.3. The van der Waals surface area contributed by atoms with Crippen LogP contribution in [0, 0.1) is 56.3 Å². The Bertz CT molecular complexity index is 7760. The van der Waals surface area contributed by atoms with E-state index in [4.69, 9.17) is 33.1 Å². The van der Waals surface area contributed by atoms with Crippen molar-refractivity contribution in [3.63, 3.8) is 0 Å². The summed E-state index contributed by atoms with van der Waals surface area (Å²) in [4.78, 5) is 9.16. The van der Waals surface area contributed by atoms with Crippen LogP contribution in [0.25, 0.3) is 92.1 Å². The lowest BCUT2D eigenvalue weighted by Gasteiger charge is -2.10. The first kappa shape index (κ1) is 88.8. The van der Waals surface area contributed by atoms with Gasteiger partial charge in [0.1, 0.15) is 11.7 Å². The number of para-hydroxylation sites is 2. The van der Waals surface area contributed by atoms with Crippen LogP contribution < -0.4 is 11.5 Å². The summed E-state index contributed by atoms with van der Waals surface area (Å²) >= 11 is 0. The Hall–Kier alpha value is -16.6. The van der Waals surface area contributed by atoms with Gasteiger partial charge in [-0.25, -0.2) is 9.98 Å². The van der Waals surface area contributed by atoms with E-state index in [9.17, 15) is 0 Å². The number of aliphatic imine (C=N–C) groups is 2. The van der Waals surface area contributed by atoms with Crippen molar-refractivity contribution in [2.45, 2.75) is 60.3 Å². The molecule has 0 saturated heterocycles. The summed E-state index contributed by atoms with van der Waals surface area (Å²) in [7, 11) is 0. The molecule has 20 aromatic carbocycles. The van der Waals surface area contributed by atoms with Crippen LogP contribution >= 0.6 is 0 Å². The van der Waals surface area contributed by atoms with Crippen LogP contribution in [-0.2, 0) is 25.7 Å². The molecular formula is C123H105N9. The van der Waals surface area contributed by atoms with Crippen LogP contribution in [0.3, 0.4) is 0 Å². The number of benzene rings is 20. The summed E-state index contributed by atoms with van der Waals surface area (Å²) in [5.74, 6) is 1.08. The first-order chi connectivity index (χ1) is 64.4. The third-order valence-corrected chi connectivity index (χ3v) is 23.6. The van der Waals surface area contributed by atoms with Crippen molar-refractivity contribution in [3.05, 3.63) is 532 Å². The quantitative estimate of drug-likeness (QED) is 0.0393. The van der Waals surface area contributed by atoms with Crippen LogP contribution in [0.15, 0.2) is 459 Å². The molecule has 1 heterocycles. The van der Waals surface area contributed by atoms with Crippen LogP contribution in [0.2, 0.25) is 0 Å². The molecule has 0 radical (unpaired) electrons. The Labute approximate surface area is 773 Å². The van der Waals surface area contributed by atoms with Gasteiger partial charge < -0.3 is 37.7 Å². The highest BCUT2D eigenvalue weighted by Gasteiger charge is 2.16. The van der Waals surface area contributed by atoms with Gasteiger partial charge in [0.25, 0.3) is 0 Å². The van der Waals surface area contributed by atoms with E-state index in [0.29, 0.717) is 60.2 Å². The third kappa shape index (κ3) is 22.7. The van der Waals surface area contributed by atoms with Crippen molar-refractivity contribution < 1.29 is 0 Å². The number of nitrogens with one attached hydrogen (secondary N) is 4. The van der Waals surface area contributed by atoms with Gasteiger partial charge in [-0.3, -0.25) is 0 Å². The van der Waals surface area contributed by atoms with Gasteiger partial charge in [0.2, 0.25) is 0 Å². The third-order valence-electron chi connectivity index (χ3n) is 23.6. The van der Waals surface area contributed by atoms with Gasteiger partial charge in [-0.15, -0.1) is 0 Å². The summed E-state index contributed by atoms with van der Waals surface area (Å²) in [6, 6.07) is 154. The second-order valence-corrected chi connectivity index (χ2v) is 33.6. The molecule has 9 nitrogen and oxygen atoms in total. The maximum absolute atomic E-state index is 8.85. The highest BCUT2D eigenvalue weighted by atomic mass is 15.0. The minimum atomic E-state index is 0.539. The van der Waals surface area contributed by atoms with Crippen molar-refractivity contribution >= 4 is 132 Å². The van der Waals surface area contributed by atoms with Crippen molar-refractivity contribution in [3.8, 4) is 5.69 Å². The molecule has 21 rings (SSSR count). The second-order valence-electron chi connectivity index (χ2n) is 33.6. The Kier molecular flexibility index (Phi) is 28.5. The molecule has 0 saturated carbocycles. The number of fused-ring (bicyclic) bond motifs is 9. The zero-order valence-electron chi connectivity index (χ0n) is 75.0. The Morgan fingerprint density at radius 3 is 0.977 bits per heavy atom. The SMILES string of the molecule is Cc1ccc(C(=N)Cc2ccc3cc(C)ccc3c2)cc1.Cc1ccc(C(N)=Nc2cccc3cc(C)ccc23)cc1.Cc1ccc2cc(CC(=N)c3ccccc3)ccc2c1.N=C(Cc1ccc2ccccc2c1)c1ccc2c3ccccc3n(-c3ccccc3)c2c1.N=C(Cc1ccc2ccccc2c1)c1ccccc1.NC(=Nc1cccc2ccccc12)c1ccccc1. The summed E-state index contributed by atoms with van der Waals surface area (Å²) in [6.45, 7) is 10.4. The normalized spacial score (nSPS) is 11.2. The molecule has 0 amide bonds. The molecular weight excluding hydrogens is 1600 g/mol. The van der Waals surface area contributed by atoms with Gasteiger partial charge in [-0.05, 0) is 169 Å². The number of amidine groups is 2. The Morgan fingerprint density at radius 1 is 0.212 bits per heavy atom. The fraction of sp³-hybridized carbons (Fsp3) is 0.0732. The van der Waals surface area contributed by atoms with E-state index in [2.05, 4.69) is 322 Å². The number of aryl methyl sites for hydroxylation is 5.